The molecule has 150 valence electrons. The zero-order chi connectivity index (χ0) is 19.9. The Hall–Kier alpha value is -1.99. The first kappa shape index (κ1) is 20.7. The molecule has 7 heteroatoms. The van der Waals surface area contributed by atoms with Crippen molar-refractivity contribution in [2.75, 3.05) is 39.3 Å². The fourth-order valence-electron chi connectivity index (χ4n) is 3.49. The van der Waals surface area contributed by atoms with Crippen molar-refractivity contribution in [3.8, 4) is 0 Å². The van der Waals surface area contributed by atoms with Crippen LogP contribution in [0.2, 0.25) is 5.02 Å². The van der Waals surface area contributed by atoms with Crippen molar-refractivity contribution in [3.05, 3.63) is 46.5 Å². The van der Waals surface area contributed by atoms with Crippen molar-refractivity contribution in [3.63, 3.8) is 0 Å². The van der Waals surface area contributed by atoms with E-state index in [1.807, 2.05) is 12.1 Å². The van der Waals surface area contributed by atoms with Gasteiger partial charge >= 0.3 is 0 Å². The van der Waals surface area contributed by atoms with E-state index in [0.29, 0.717) is 34.6 Å². The SMILES string of the molecule is NCCCNCCCNCCCN1C(=O)c2cccc3c(Cl)ccc(c23)C1=O. The molecule has 0 atom stereocenters. The zero-order valence-corrected chi connectivity index (χ0v) is 16.7. The number of carbonyl (C=O) groups excluding carboxylic acids is 2. The Morgan fingerprint density at radius 1 is 0.857 bits per heavy atom. The molecule has 0 saturated heterocycles. The highest BCUT2D eigenvalue weighted by Crippen LogP contribution is 2.34. The van der Waals surface area contributed by atoms with E-state index in [4.69, 9.17) is 17.3 Å². The summed E-state index contributed by atoms with van der Waals surface area (Å²) < 4.78 is 0. The van der Waals surface area contributed by atoms with E-state index in [1.54, 1.807) is 18.2 Å². The molecular formula is C21H27ClN4O2. The lowest BCUT2D eigenvalue weighted by Crippen LogP contribution is -2.41. The van der Waals surface area contributed by atoms with E-state index in [2.05, 4.69) is 10.6 Å². The second-order valence-corrected chi connectivity index (χ2v) is 7.34. The number of imide groups is 1. The van der Waals surface area contributed by atoms with Gasteiger partial charge in [0.05, 0.1) is 0 Å². The van der Waals surface area contributed by atoms with E-state index in [-0.39, 0.29) is 11.8 Å². The predicted molar refractivity (Wildman–Crippen MR) is 113 cm³/mol. The summed E-state index contributed by atoms with van der Waals surface area (Å²) in [6.07, 6.45) is 2.74. The normalized spacial score (nSPS) is 13.6. The molecule has 0 unspecified atom stereocenters. The Balaban J connectivity index is 1.51. The molecule has 1 heterocycles. The van der Waals surface area contributed by atoms with Gasteiger partial charge in [-0.25, -0.2) is 0 Å². The molecule has 2 aromatic rings. The van der Waals surface area contributed by atoms with Crippen molar-refractivity contribution in [1.29, 1.82) is 0 Å². The van der Waals surface area contributed by atoms with Crippen molar-refractivity contribution in [2.45, 2.75) is 19.3 Å². The Labute approximate surface area is 170 Å². The Bertz CT molecular complexity index is 833. The van der Waals surface area contributed by atoms with Crippen LogP contribution in [0.4, 0.5) is 0 Å². The fraction of sp³-hybridized carbons (Fsp3) is 0.429. The maximum Gasteiger partial charge on any atom is 0.261 e. The number of hydrogen-bond acceptors (Lipinski definition) is 5. The van der Waals surface area contributed by atoms with Gasteiger partial charge in [0.15, 0.2) is 0 Å². The summed E-state index contributed by atoms with van der Waals surface area (Å²) >= 11 is 6.24. The molecule has 4 N–H and O–H groups in total. The number of nitrogens with zero attached hydrogens (tertiary/aromatic N) is 1. The van der Waals surface area contributed by atoms with Crippen molar-refractivity contribution >= 4 is 34.2 Å². The van der Waals surface area contributed by atoms with Gasteiger partial charge in [0.2, 0.25) is 0 Å². The molecule has 0 aliphatic carbocycles. The fourth-order valence-corrected chi connectivity index (χ4v) is 3.71. The van der Waals surface area contributed by atoms with Crippen molar-refractivity contribution in [2.24, 2.45) is 5.73 Å². The average molecular weight is 403 g/mol. The Morgan fingerprint density at radius 3 is 2.21 bits per heavy atom. The highest BCUT2D eigenvalue weighted by molar-refractivity contribution is 6.38. The molecule has 0 saturated carbocycles. The van der Waals surface area contributed by atoms with Crippen molar-refractivity contribution < 1.29 is 9.59 Å². The molecule has 0 bridgehead atoms. The third-order valence-electron chi connectivity index (χ3n) is 4.94. The van der Waals surface area contributed by atoms with Crippen LogP contribution in [0.5, 0.6) is 0 Å². The average Bonchev–Trinajstić information content (AvgIpc) is 2.70. The van der Waals surface area contributed by atoms with Gasteiger partial charge in [-0.1, -0.05) is 23.7 Å². The van der Waals surface area contributed by atoms with Crippen molar-refractivity contribution in [1.82, 2.24) is 15.5 Å². The van der Waals surface area contributed by atoms with Crippen LogP contribution in [-0.2, 0) is 0 Å². The number of carbonyl (C=O) groups is 2. The lowest BCUT2D eigenvalue weighted by Gasteiger charge is -2.27. The van der Waals surface area contributed by atoms with Gasteiger partial charge in [0.25, 0.3) is 11.8 Å². The number of amides is 2. The van der Waals surface area contributed by atoms with Gasteiger partial charge in [0, 0.05) is 33.5 Å². The van der Waals surface area contributed by atoms with Gasteiger partial charge in [-0.2, -0.15) is 0 Å². The quantitative estimate of drug-likeness (QED) is 0.397. The first-order chi connectivity index (χ1) is 13.6. The predicted octanol–water partition coefficient (Wildman–Crippen LogP) is 2.40. The van der Waals surface area contributed by atoms with E-state index in [0.717, 1.165) is 50.8 Å². The Kier molecular flexibility index (Phi) is 7.39. The molecule has 0 fully saturated rings. The lowest BCUT2D eigenvalue weighted by atomic mass is 9.94. The van der Waals surface area contributed by atoms with E-state index in [9.17, 15) is 9.59 Å². The van der Waals surface area contributed by atoms with Crippen LogP contribution in [-0.4, -0.2) is 56.0 Å². The smallest absolute Gasteiger partial charge is 0.261 e. The summed E-state index contributed by atoms with van der Waals surface area (Å²) in [6.45, 7) is 4.69. The number of benzene rings is 2. The summed E-state index contributed by atoms with van der Waals surface area (Å²) in [5, 5.41) is 8.67. The van der Waals surface area contributed by atoms with Gasteiger partial charge in [0.1, 0.15) is 0 Å². The van der Waals surface area contributed by atoms with Crippen LogP contribution in [0.25, 0.3) is 10.8 Å². The standard InChI is InChI=1S/C21H27ClN4O2/c22-18-8-7-17-19-15(18)5-1-6-16(19)20(27)26(21(17)28)14-4-13-25-12-3-11-24-10-2-9-23/h1,5-8,24-25H,2-4,9-14,23H2. The Morgan fingerprint density at radius 2 is 1.50 bits per heavy atom. The lowest BCUT2D eigenvalue weighted by molar-refractivity contribution is 0.0609. The number of nitrogens with one attached hydrogen (secondary N) is 2. The van der Waals surface area contributed by atoms with Gasteiger partial charge < -0.3 is 16.4 Å². The first-order valence-corrected chi connectivity index (χ1v) is 10.2. The maximum absolute atomic E-state index is 12.8. The molecule has 0 radical (unpaired) electrons. The zero-order valence-electron chi connectivity index (χ0n) is 16.0. The van der Waals surface area contributed by atoms with E-state index >= 15 is 0 Å². The van der Waals surface area contributed by atoms with E-state index < -0.39 is 0 Å². The maximum atomic E-state index is 12.8. The number of halogens is 1. The second-order valence-electron chi connectivity index (χ2n) is 6.93. The minimum atomic E-state index is -0.241. The third-order valence-corrected chi connectivity index (χ3v) is 5.27. The van der Waals surface area contributed by atoms with Crippen LogP contribution in [0.15, 0.2) is 30.3 Å². The van der Waals surface area contributed by atoms with Crippen LogP contribution < -0.4 is 16.4 Å². The molecule has 2 aromatic carbocycles. The first-order valence-electron chi connectivity index (χ1n) is 9.84. The molecule has 0 spiro atoms. The third kappa shape index (κ3) is 4.52. The summed E-state index contributed by atoms with van der Waals surface area (Å²) in [7, 11) is 0. The van der Waals surface area contributed by atoms with Gasteiger partial charge in [-0.3, -0.25) is 14.5 Å². The summed E-state index contributed by atoms with van der Waals surface area (Å²) in [6, 6.07) is 8.85. The summed E-state index contributed by atoms with van der Waals surface area (Å²) in [5.41, 5.74) is 6.54. The number of rotatable bonds is 11. The minimum Gasteiger partial charge on any atom is -0.330 e. The molecule has 28 heavy (non-hydrogen) atoms. The monoisotopic (exact) mass is 402 g/mol. The highest BCUT2D eigenvalue weighted by Gasteiger charge is 2.32. The molecule has 1 aliphatic rings. The molecule has 3 rings (SSSR count). The molecule has 6 nitrogen and oxygen atoms in total. The largest absolute Gasteiger partial charge is 0.330 e. The van der Waals surface area contributed by atoms with Gasteiger partial charge in [-0.15, -0.1) is 0 Å². The van der Waals surface area contributed by atoms with E-state index in [1.165, 1.54) is 4.90 Å². The molecule has 0 aromatic heterocycles. The van der Waals surface area contributed by atoms with Crippen LogP contribution in [0.1, 0.15) is 40.0 Å². The highest BCUT2D eigenvalue weighted by atomic mass is 35.5. The molecule has 2 amide bonds. The number of hydrogen-bond donors (Lipinski definition) is 3. The van der Waals surface area contributed by atoms with Gasteiger partial charge in [-0.05, 0) is 70.2 Å². The number of nitrogens with two attached hydrogens (primary N) is 1. The van der Waals surface area contributed by atoms with Crippen LogP contribution in [0, 0.1) is 0 Å². The molecule has 1 aliphatic heterocycles. The van der Waals surface area contributed by atoms with Crippen LogP contribution >= 0.6 is 11.6 Å². The summed E-state index contributed by atoms with van der Waals surface area (Å²) in [5.74, 6) is -0.482. The summed E-state index contributed by atoms with van der Waals surface area (Å²) in [4.78, 5) is 27.0. The molecular weight excluding hydrogens is 376 g/mol. The second kappa shape index (κ2) is 9.98. The minimum absolute atomic E-state index is 0.241. The van der Waals surface area contributed by atoms with Crippen LogP contribution in [0.3, 0.4) is 0 Å². The topological polar surface area (TPSA) is 87.5 Å².